The minimum Gasteiger partial charge on any atom is -0.507 e. The highest BCUT2D eigenvalue weighted by Crippen LogP contribution is 2.34. The summed E-state index contributed by atoms with van der Waals surface area (Å²) in [5, 5.41) is 20.2. The smallest absolute Gasteiger partial charge is 0.131 e. The molecule has 4 nitrogen and oxygen atoms in total. The molecule has 102 valence electrons. The Kier molecular flexibility index (Phi) is 4.20. The molecule has 1 unspecified atom stereocenters. The number of carbonyl (C=O) groups excluding carboxylic acids is 1. The van der Waals surface area contributed by atoms with Gasteiger partial charge in [0.1, 0.15) is 23.5 Å². The van der Waals surface area contributed by atoms with Crippen LogP contribution in [0.5, 0.6) is 11.5 Å². The molecule has 2 aromatic carbocycles. The van der Waals surface area contributed by atoms with E-state index in [-0.39, 0.29) is 16.9 Å². The molecule has 0 bridgehead atoms. The van der Waals surface area contributed by atoms with Crippen molar-refractivity contribution in [2.45, 2.75) is 6.10 Å². The number of aromatic hydroxyl groups is 1. The quantitative estimate of drug-likeness (QED) is 0.837. The van der Waals surface area contributed by atoms with Crippen LogP contribution in [0.2, 0.25) is 0 Å². The van der Waals surface area contributed by atoms with Crippen LogP contribution in [0.4, 0.5) is 0 Å². The SMILES string of the molecule is COc1ccc(C(=C=O)C(O)c2ccccc2)c(O)c1. The van der Waals surface area contributed by atoms with E-state index >= 15 is 0 Å². The van der Waals surface area contributed by atoms with Crippen LogP contribution in [0.15, 0.2) is 48.5 Å². The molecule has 0 fully saturated rings. The number of hydrogen-bond acceptors (Lipinski definition) is 4. The molecule has 0 aliphatic carbocycles. The monoisotopic (exact) mass is 270 g/mol. The van der Waals surface area contributed by atoms with Crippen molar-refractivity contribution in [2.75, 3.05) is 7.11 Å². The molecular formula is C16H14O4. The van der Waals surface area contributed by atoms with E-state index in [4.69, 9.17) is 4.74 Å². The third-order valence-electron chi connectivity index (χ3n) is 2.99. The van der Waals surface area contributed by atoms with E-state index in [0.717, 1.165) is 0 Å². The third-order valence-corrected chi connectivity index (χ3v) is 2.99. The highest BCUT2D eigenvalue weighted by molar-refractivity contribution is 5.92. The van der Waals surface area contributed by atoms with E-state index in [0.29, 0.717) is 11.3 Å². The van der Waals surface area contributed by atoms with Gasteiger partial charge < -0.3 is 14.9 Å². The summed E-state index contributed by atoms with van der Waals surface area (Å²) in [7, 11) is 1.48. The first-order valence-electron chi connectivity index (χ1n) is 6.02. The van der Waals surface area contributed by atoms with Crippen LogP contribution in [0.3, 0.4) is 0 Å². The first kappa shape index (κ1) is 13.9. The van der Waals surface area contributed by atoms with Crippen LogP contribution in [0, 0.1) is 0 Å². The Morgan fingerprint density at radius 1 is 1.20 bits per heavy atom. The number of aliphatic hydroxyl groups excluding tert-OH is 1. The summed E-state index contributed by atoms with van der Waals surface area (Å²) in [6.45, 7) is 0. The molecule has 0 amide bonds. The molecule has 0 aromatic heterocycles. The van der Waals surface area contributed by atoms with Crippen molar-refractivity contribution in [3.8, 4) is 11.5 Å². The average Bonchev–Trinajstić information content (AvgIpc) is 2.50. The Morgan fingerprint density at radius 2 is 1.90 bits per heavy atom. The van der Waals surface area contributed by atoms with Gasteiger partial charge in [0.2, 0.25) is 0 Å². The zero-order valence-corrected chi connectivity index (χ0v) is 10.9. The topological polar surface area (TPSA) is 66.8 Å². The van der Waals surface area contributed by atoms with E-state index in [2.05, 4.69) is 0 Å². The predicted molar refractivity (Wildman–Crippen MR) is 75.2 cm³/mol. The minimum absolute atomic E-state index is 0.0173. The van der Waals surface area contributed by atoms with Crippen LogP contribution in [0.1, 0.15) is 17.2 Å². The standard InChI is InChI=1S/C16H14O4/c1-20-12-7-8-13(15(18)9-12)14(10-17)16(19)11-5-3-2-4-6-11/h2-9,16,18-19H,1H3. The summed E-state index contributed by atoms with van der Waals surface area (Å²) >= 11 is 0. The highest BCUT2D eigenvalue weighted by Gasteiger charge is 2.19. The molecular weight excluding hydrogens is 256 g/mol. The molecule has 2 N–H and O–H groups in total. The third kappa shape index (κ3) is 2.72. The van der Waals surface area contributed by atoms with E-state index in [1.807, 2.05) is 6.07 Å². The Hall–Kier alpha value is -2.55. The van der Waals surface area contributed by atoms with Gasteiger partial charge in [0, 0.05) is 11.6 Å². The van der Waals surface area contributed by atoms with Crippen LogP contribution >= 0.6 is 0 Å². The number of rotatable bonds is 4. The molecule has 0 radical (unpaired) electrons. The largest absolute Gasteiger partial charge is 0.507 e. The Bertz CT molecular complexity index is 643. The maximum atomic E-state index is 11.2. The van der Waals surface area contributed by atoms with Crippen molar-refractivity contribution < 1.29 is 19.7 Å². The lowest BCUT2D eigenvalue weighted by Gasteiger charge is -2.14. The van der Waals surface area contributed by atoms with Crippen molar-refractivity contribution in [1.82, 2.24) is 0 Å². The molecule has 4 heteroatoms. The first-order chi connectivity index (χ1) is 9.67. The van der Waals surface area contributed by atoms with Crippen molar-refractivity contribution in [1.29, 1.82) is 0 Å². The van der Waals surface area contributed by atoms with Crippen molar-refractivity contribution in [3.63, 3.8) is 0 Å². The summed E-state index contributed by atoms with van der Waals surface area (Å²) in [6.07, 6.45) is -1.15. The lowest BCUT2D eigenvalue weighted by Crippen LogP contribution is -2.02. The van der Waals surface area contributed by atoms with E-state index in [9.17, 15) is 15.0 Å². The molecule has 0 aliphatic rings. The molecule has 0 saturated heterocycles. The van der Waals surface area contributed by atoms with Crippen LogP contribution < -0.4 is 4.74 Å². The highest BCUT2D eigenvalue weighted by atomic mass is 16.5. The normalized spacial score (nSPS) is 11.5. The van der Waals surface area contributed by atoms with Gasteiger partial charge >= 0.3 is 0 Å². The van der Waals surface area contributed by atoms with Gasteiger partial charge in [-0.2, -0.15) is 0 Å². The summed E-state index contributed by atoms with van der Waals surface area (Å²) in [5.74, 6) is 2.03. The molecule has 0 saturated carbocycles. The van der Waals surface area contributed by atoms with Crippen LogP contribution in [0.25, 0.3) is 5.57 Å². The lowest BCUT2D eigenvalue weighted by atomic mass is 9.96. The average molecular weight is 270 g/mol. The van der Waals surface area contributed by atoms with Gasteiger partial charge in [0.25, 0.3) is 0 Å². The van der Waals surface area contributed by atoms with Gasteiger partial charge in [-0.3, -0.25) is 0 Å². The van der Waals surface area contributed by atoms with Gasteiger partial charge in [0.15, 0.2) is 0 Å². The minimum atomic E-state index is -1.15. The van der Waals surface area contributed by atoms with E-state index < -0.39 is 6.10 Å². The second kappa shape index (κ2) is 6.06. The molecule has 0 spiro atoms. The number of phenols is 1. The fourth-order valence-electron chi connectivity index (χ4n) is 1.93. The number of hydrogen-bond donors (Lipinski definition) is 2. The maximum Gasteiger partial charge on any atom is 0.131 e. The maximum absolute atomic E-state index is 11.2. The Balaban J connectivity index is 2.41. The van der Waals surface area contributed by atoms with Gasteiger partial charge in [0.05, 0.1) is 12.7 Å². The fourth-order valence-corrected chi connectivity index (χ4v) is 1.93. The fraction of sp³-hybridized carbons (Fsp3) is 0.125. The lowest BCUT2D eigenvalue weighted by molar-refractivity contribution is 0.238. The number of phenolic OH excluding ortho intramolecular Hbond substituents is 1. The van der Waals surface area contributed by atoms with Gasteiger partial charge in [-0.1, -0.05) is 30.3 Å². The number of ether oxygens (including phenoxy) is 1. The molecule has 20 heavy (non-hydrogen) atoms. The summed E-state index contributed by atoms with van der Waals surface area (Å²) in [5.41, 5.74) is 0.773. The van der Waals surface area contributed by atoms with E-state index in [1.54, 1.807) is 36.3 Å². The number of benzene rings is 2. The van der Waals surface area contributed by atoms with Gasteiger partial charge in [-0.15, -0.1) is 0 Å². The summed E-state index contributed by atoms with van der Waals surface area (Å²) < 4.78 is 4.98. The summed E-state index contributed by atoms with van der Waals surface area (Å²) in [6, 6.07) is 13.2. The molecule has 0 aliphatic heterocycles. The zero-order chi connectivity index (χ0) is 14.5. The van der Waals surface area contributed by atoms with Crippen molar-refractivity contribution in [2.24, 2.45) is 0 Å². The molecule has 0 heterocycles. The van der Waals surface area contributed by atoms with Crippen molar-refractivity contribution in [3.05, 3.63) is 59.7 Å². The number of aliphatic hydroxyl groups is 1. The second-order valence-corrected chi connectivity index (χ2v) is 4.21. The molecule has 1 atom stereocenters. The predicted octanol–water partition coefficient (Wildman–Crippen LogP) is 2.35. The number of methoxy groups -OCH3 is 1. The second-order valence-electron chi connectivity index (χ2n) is 4.21. The Labute approximate surface area is 116 Å². The first-order valence-corrected chi connectivity index (χ1v) is 6.02. The van der Waals surface area contributed by atoms with Gasteiger partial charge in [-0.25, -0.2) is 4.79 Å². The van der Waals surface area contributed by atoms with Crippen molar-refractivity contribution >= 4 is 11.5 Å². The molecule has 2 aromatic rings. The Morgan fingerprint density at radius 3 is 2.45 bits per heavy atom. The molecule has 2 rings (SSSR count). The van der Waals surface area contributed by atoms with Crippen LogP contribution in [-0.4, -0.2) is 23.3 Å². The van der Waals surface area contributed by atoms with Gasteiger partial charge in [-0.05, 0) is 17.7 Å². The zero-order valence-electron chi connectivity index (χ0n) is 10.9. The van der Waals surface area contributed by atoms with E-state index in [1.165, 1.54) is 19.2 Å². The van der Waals surface area contributed by atoms with Crippen LogP contribution in [-0.2, 0) is 4.79 Å². The summed E-state index contributed by atoms with van der Waals surface area (Å²) in [4.78, 5) is 11.2.